The molecule has 0 heterocycles. The fraction of sp³-hybridized carbons (Fsp3) is 0.538. The van der Waals surface area contributed by atoms with E-state index in [0.29, 0.717) is 17.6 Å². The van der Waals surface area contributed by atoms with Crippen LogP contribution in [0.15, 0.2) is 22.7 Å². The quantitative estimate of drug-likeness (QED) is 0.643. The number of halogens is 1. The molecule has 6 heteroatoms. The minimum Gasteiger partial charge on any atom is -0.389 e. The fourth-order valence-electron chi connectivity index (χ4n) is 2.43. The Morgan fingerprint density at radius 2 is 2.11 bits per heavy atom. The van der Waals surface area contributed by atoms with Gasteiger partial charge in [0, 0.05) is 29.7 Å². The molecule has 0 bridgehead atoms. The molecule has 0 unspecified atom stereocenters. The minimum atomic E-state index is -0.576. The lowest BCUT2D eigenvalue weighted by molar-refractivity contribution is -0.384. The molecule has 104 valence electrons. The summed E-state index contributed by atoms with van der Waals surface area (Å²) in [6, 6.07) is 4.72. The fourth-order valence-corrected chi connectivity index (χ4v) is 2.94. The monoisotopic (exact) mass is 328 g/mol. The van der Waals surface area contributed by atoms with Gasteiger partial charge in [0.05, 0.1) is 10.5 Å². The number of hydrogen-bond donors (Lipinski definition) is 2. The first kappa shape index (κ1) is 14.4. The third-order valence-electron chi connectivity index (χ3n) is 3.55. The van der Waals surface area contributed by atoms with Crippen LogP contribution < -0.4 is 5.32 Å². The van der Waals surface area contributed by atoms with Crippen molar-refractivity contribution in [2.45, 2.75) is 37.8 Å². The number of rotatable bonds is 5. The second-order valence-electron chi connectivity index (χ2n) is 5.07. The summed E-state index contributed by atoms with van der Waals surface area (Å²) in [6.45, 7) is 1.15. The Labute approximate surface area is 120 Å². The molecule has 0 aromatic heterocycles. The molecule has 1 aliphatic carbocycles. The molecule has 1 fully saturated rings. The molecular weight excluding hydrogens is 312 g/mol. The maximum atomic E-state index is 10.6. The number of nitro groups is 1. The first-order chi connectivity index (χ1) is 9.00. The highest BCUT2D eigenvalue weighted by Crippen LogP contribution is 2.29. The summed E-state index contributed by atoms with van der Waals surface area (Å²) < 4.78 is 0.715. The van der Waals surface area contributed by atoms with E-state index in [-0.39, 0.29) is 5.69 Å². The molecule has 19 heavy (non-hydrogen) atoms. The van der Waals surface area contributed by atoms with Crippen molar-refractivity contribution in [3.8, 4) is 0 Å². The van der Waals surface area contributed by atoms with Crippen LogP contribution in [0.5, 0.6) is 0 Å². The molecule has 0 radical (unpaired) electrons. The van der Waals surface area contributed by atoms with E-state index in [1.165, 1.54) is 12.1 Å². The molecule has 1 aromatic rings. The van der Waals surface area contributed by atoms with Crippen molar-refractivity contribution in [1.29, 1.82) is 0 Å². The van der Waals surface area contributed by atoms with E-state index in [1.54, 1.807) is 6.07 Å². The Bertz CT molecular complexity index is 473. The molecule has 0 aliphatic heterocycles. The largest absolute Gasteiger partial charge is 0.389 e. The van der Waals surface area contributed by atoms with Gasteiger partial charge >= 0.3 is 0 Å². The van der Waals surface area contributed by atoms with Gasteiger partial charge in [-0.25, -0.2) is 0 Å². The van der Waals surface area contributed by atoms with Crippen molar-refractivity contribution < 1.29 is 10.0 Å². The average Bonchev–Trinajstić information content (AvgIpc) is 2.78. The van der Waals surface area contributed by atoms with Gasteiger partial charge in [-0.2, -0.15) is 0 Å². The van der Waals surface area contributed by atoms with E-state index in [1.807, 2.05) is 0 Å². The Hall–Kier alpha value is -0.980. The summed E-state index contributed by atoms with van der Waals surface area (Å²) in [5.74, 6) is 0. The third-order valence-corrected chi connectivity index (χ3v) is 4.29. The van der Waals surface area contributed by atoms with E-state index < -0.39 is 10.5 Å². The smallest absolute Gasteiger partial charge is 0.270 e. The van der Waals surface area contributed by atoms with Crippen LogP contribution in [0.4, 0.5) is 5.69 Å². The summed E-state index contributed by atoms with van der Waals surface area (Å²) in [6.07, 6.45) is 3.86. The van der Waals surface area contributed by atoms with Crippen LogP contribution in [-0.4, -0.2) is 22.2 Å². The second kappa shape index (κ2) is 5.98. The summed E-state index contributed by atoms with van der Waals surface area (Å²) in [7, 11) is 0. The molecular formula is C13H17BrN2O3. The standard InChI is InChI=1S/C13H17BrN2O3/c14-12-7-11(16(18)19)4-3-10(12)8-15-9-13(17)5-1-2-6-13/h3-4,7,15,17H,1-2,5-6,8-9H2. The SMILES string of the molecule is O=[N+]([O-])c1ccc(CNCC2(O)CCCC2)c(Br)c1. The van der Waals surface area contributed by atoms with Crippen LogP contribution in [-0.2, 0) is 6.54 Å². The molecule has 2 rings (SSSR count). The van der Waals surface area contributed by atoms with Crippen LogP contribution in [0.1, 0.15) is 31.2 Å². The van der Waals surface area contributed by atoms with Gasteiger partial charge in [-0.05, 0) is 24.5 Å². The van der Waals surface area contributed by atoms with Crippen LogP contribution in [0.3, 0.4) is 0 Å². The maximum absolute atomic E-state index is 10.6. The lowest BCUT2D eigenvalue weighted by atomic mass is 10.0. The van der Waals surface area contributed by atoms with E-state index in [9.17, 15) is 15.2 Å². The van der Waals surface area contributed by atoms with Crippen molar-refractivity contribution in [2.75, 3.05) is 6.54 Å². The minimum absolute atomic E-state index is 0.0741. The van der Waals surface area contributed by atoms with Crippen LogP contribution >= 0.6 is 15.9 Å². The number of nitrogens with one attached hydrogen (secondary N) is 1. The van der Waals surface area contributed by atoms with Gasteiger partial charge in [0.1, 0.15) is 0 Å². The zero-order valence-corrected chi connectivity index (χ0v) is 12.1. The van der Waals surface area contributed by atoms with Crippen molar-refractivity contribution in [3.05, 3.63) is 38.3 Å². The third kappa shape index (κ3) is 3.75. The zero-order chi connectivity index (χ0) is 13.9. The average molecular weight is 329 g/mol. The predicted octanol–water partition coefficient (Wildman–Crippen LogP) is 2.75. The highest BCUT2D eigenvalue weighted by Gasteiger charge is 2.30. The molecule has 1 aromatic carbocycles. The Morgan fingerprint density at radius 3 is 2.68 bits per heavy atom. The number of aliphatic hydroxyl groups is 1. The predicted molar refractivity (Wildman–Crippen MR) is 75.9 cm³/mol. The normalized spacial score (nSPS) is 17.6. The summed E-state index contributed by atoms with van der Waals surface area (Å²) in [4.78, 5) is 10.2. The van der Waals surface area contributed by atoms with Gasteiger partial charge in [0.25, 0.3) is 5.69 Å². The molecule has 2 N–H and O–H groups in total. The zero-order valence-electron chi connectivity index (χ0n) is 10.6. The first-order valence-corrected chi connectivity index (χ1v) is 7.15. The van der Waals surface area contributed by atoms with Crippen molar-refractivity contribution >= 4 is 21.6 Å². The Balaban J connectivity index is 1.91. The number of nitrogens with zero attached hydrogens (tertiary/aromatic N) is 1. The number of benzene rings is 1. The van der Waals surface area contributed by atoms with Gasteiger partial charge in [0.2, 0.25) is 0 Å². The van der Waals surface area contributed by atoms with Gasteiger partial charge < -0.3 is 10.4 Å². The summed E-state index contributed by atoms with van der Waals surface area (Å²) in [5, 5.41) is 24.0. The van der Waals surface area contributed by atoms with Gasteiger partial charge in [0.15, 0.2) is 0 Å². The Morgan fingerprint density at radius 1 is 1.42 bits per heavy atom. The molecule has 5 nitrogen and oxygen atoms in total. The number of nitro benzene ring substituents is 1. The summed E-state index contributed by atoms with van der Waals surface area (Å²) >= 11 is 3.34. The lowest BCUT2D eigenvalue weighted by Gasteiger charge is -2.22. The molecule has 0 amide bonds. The van der Waals surface area contributed by atoms with E-state index in [2.05, 4.69) is 21.2 Å². The second-order valence-corrected chi connectivity index (χ2v) is 5.92. The Kier molecular flexibility index (Phi) is 4.54. The van der Waals surface area contributed by atoms with Gasteiger partial charge in [-0.3, -0.25) is 10.1 Å². The molecule has 1 saturated carbocycles. The summed E-state index contributed by atoms with van der Waals surface area (Å²) in [5.41, 5.74) is 0.449. The highest BCUT2D eigenvalue weighted by atomic mass is 79.9. The molecule has 0 saturated heterocycles. The van der Waals surface area contributed by atoms with E-state index >= 15 is 0 Å². The van der Waals surface area contributed by atoms with Crippen molar-refractivity contribution in [2.24, 2.45) is 0 Å². The molecule has 0 spiro atoms. The first-order valence-electron chi connectivity index (χ1n) is 6.36. The van der Waals surface area contributed by atoms with Crippen LogP contribution in [0, 0.1) is 10.1 Å². The van der Waals surface area contributed by atoms with Crippen LogP contribution in [0.25, 0.3) is 0 Å². The topological polar surface area (TPSA) is 75.4 Å². The van der Waals surface area contributed by atoms with Crippen LogP contribution in [0.2, 0.25) is 0 Å². The van der Waals surface area contributed by atoms with E-state index in [0.717, 1.165) is 31.2 Å². The highest BCUT2D eigenvalue weighted by molar-refractivity contribution is 9.10. The molecule has 0 atom stereocenters. The van der Waals surface area contributed by atoms with E-state index in [4.69, 9.17) is 0 Å². The number of non-ortho nitro benzene ring substituents is 1. The van der Waals surface area contributed by atoms with Gasteiger partial charge in [-0.1, -0.05) is 28.8 Å². The lowest BCUT2D eigenvalue weighted by Crippen LogP contribution is -2.37. The van der Waals surface area contributed by atoms with Gasteiger partial charge in [-0.15, -0.1) is 0 Å². The molecule has 1 aliphatic rings. The van der Waals surface area contributed by atoms with Crippen molar-refractivity contribution in [3.63, 3.8) is 0 Å². The van der Waals surface area contributed by atoms with Crippen molar-refractivity contribution in [1.82, 2.24) is 5.32 Å². The number of hydrogen-bond acceptors (Lipinski definition) is 4. The maximum Gasteiger partial charge on any atom is 0.270 e.